The van der Waals surface area contributed by atoms with Gasteiger partial charge in [0, 0.05) is 57.7 Å². The zero-order valence-electron chi connectivity index (χ0n) is 41.5. The molecule has 9 rings (SSSR count). The number of hydrogen-bond donors (Lipinski definition) is 2. The number of carbonyl (C=O) groups excluding carboxylic acids is 3. The molecule has 22 nitrogen and oxygen atoms in total. The molecule has 0 bridgehead atoms. The minimum Gasteiger partial charge on any atom is -0.501 e. The number of rotatable bonds is 7. The lowest BCUT2D eigenvalue weighted by molar-refractivity contribution is -0.389. The molecule has 388 valence electrons. The molecule has 0 saturated carbocycles. The normalized spacial score (nSPS) is 14.6. The number of piperidine rings is 3. The van der Waals surface area contributed by atoms with Crippen molar-refractivity contribution in [3.05, 3.63) is 120 Å². The first kappa shape index (κ1) is 54.6. The quantitative estimate of drug-likeness (QED) is 0.0924. The van der Waals surface area contributed by atoms with Gasteiger partial charge in [0.15, 0.2) is 17.6 Å². The van der Waals surface area contributed by atoms with Crippen molar-refractivity contribution < 1.29 is 38.6 Å². The number of anilines is 4. The number of aromatic hydroxyl groups is 1. The van der Waals surface area contributed by atoms with Crippen LogP contribution in [0, 0.1) is 15.5 Å². The van der Waals surface area contributed by atoms with Gasteiger partial charge in [-0.25, -0.2) is 24.5 Å². The van der Waals surface area contributed by atoms with Crippen LogP contribution in [0.25, 0.3) is 11.3 Å². The summed E-state index contributed by atoms with van der Waals surface area (Å²) in [6.07, 6.45) is 17.4. The van der Waals surface area contributed by atoms with Gasteiger partial charge in [0.25, 0.3) is 0 Å². The predicted octanol–water partition coefficient (Wildman–Crippen LogP) is 7.01. The molecule has 0 spiro atoms. The van der Waals surface area contributed by atoms with Gasteiger partial charge in [0.05, 0.1) is 47.4 Å². The highest BCUT2D eigenvalue weighted by Gasteiger charge is 2.30. The maximum Gasteiger partial charge on any atom is 0.363 e. The Morgan fingerprint density at radius 1 is 0.658 bits per heavy atom. The Bertz CT molecular complexity index is 3020. The Labute approximate surface area is 429 Å². The highest BCUT2D eigenvalue weighted by Crippen LogP contribution is 2.25. The first-order chi connectivity index (χ1) is 34.9. The van der Waals surface area contributed by atoms with Crippen molar-refractivity contribution in [1.82, 2.24) is 28.7 Å². The highest BCUT2D eigenvalue weighted by atomic mass is 79.9. The van der Waals surface area contributed by atoms with Crippen LogP contribution in [-0.4, -0.2) is 110 Å². The number of nitrogens with two attached hydrogens (primary N) is 1. The van der Waals surface area contributed by atoms with Crippen molar-refractivity contribution in [2.24, 2.45) is 5.41 Å². The monoisotopic (exact) mass is 1070 g/mol. The Morgan fingerprint density at radius 2 is 1.12 bits per heavy atom. The Kier molecular flexibility index (Phi) is 18.8. The average Bonchev–Trinajstić information content (AvgIpc) is 3.41. The van der Waals surface area contributed by atoms with E-state index in [-0.39, 0.29) is 22.9 Å². The van der Waals surface area contributed by atoms with E-state index in [1.807, 2.05) is 30.5 Å². The van der Waals surface area contributed by atoms with Gasteiger partial charge >= 0.3 is 34.8 Å². The molecule has 0 aliphatic carbocycles. The maximum absolute atomic E-state index is 13.1. The number of ether oxygens (including phenoxy) is 3. The third-order valence-corrected chi connectivity index (χ3v) is 12.4. The highest BCUT2D eigenvalue weighted by molar-refractivity contribution is 9.10. The van der Waals surface area contributed by atoms with Crippen LogP contribution in [-0.2, 0) is 14.3 Å². The van der Waals surface area contributed by atoms with Crippen LogP contribution in [0.5, 0.6) is 11.5 Å². The summed E-state index contributed by atoms with van der Waals surface area (Å²) in [5.74, 6) is -2.96. The van der Waals surface area contributed by atoms with Gasteiger partial charge in [0.1, 0.15) is 17.1 Å². The molecule has 23 heteroatoms. The maximum atomic E-state index is 13.1. The Morgan fingerprint density at radius 3 is 1.56 bits per heavy atom. The van der Waals surface area contributed by atoms with Gasteiger partial charge < -0.3 is 49.9 Å². The van der Waals surface area contributed by atoms with Crippen molar-refractivity contribution in [2.45, 2.75) is 78.6 Å². The third kappa shape index (κ3) is 14.3. The van der Waals surface area contributed by atoms with Gasteiger partial charge in [-0.15, -0.1) is 0 Å². The number of esters is 3. The summed E-state index contributed by atoms with van der Waals surface area (Å²) in [5.41, 5.74) is 6.27. The number of nitrogens with zero attached hydrogens (tertiary/aromatic N) is 10. The van der Waals surface area contributed by atoms with Crippen LogP contribution in [0.4, 0.5) is 28.7 Å². The van der Waals surface area contributed by atoms with E-state index in [9.17, 15) is 39.2 Å². The molecule has 3 aliphatic heterocycles. The summed E-state index contributed by atoms with van der Waals surface area (Å²) in [7, 11) is 2.35. The minimum atomic E-state index is -0.852. The van der Waals surface area contributed by atoms with Crippen LogP contribution < -0.4 is 36.3 Å². The summed E-state index contributed by atoms with van der Waals surface area (Å²) >= 11 is 3.11. The van der Waals surface area contributed by atoms with E-state index < -0.39 is 50.9 Å². The molecule has 73 heavy (non-hydrogen) atoms. The van der Waals surface area contributed by atoms with Crippen molar-refractivity contribution in [1.29, 1.82) is 0 Å². The lowest BCUT2D eigenvalue weighted by Crippen LogP contribution is -2.32. The van der Waals surface area contributed by atoms with Gasteiger partial charge in [-0.1, -0.05) is 0 Å². The fourth-order valence-electron chi connectivity index (χ4n) is 7.93. The smallest absolute Gasteiger partial charge is 0.363 e. The number of nitro groups is 1. The van der Waals surface area contributed by atoms with E-state index in [2.05, 4.69) is 55.3 Å². The van der Waals surface area contributed by atoms with Crippen LogP contribution >= 0.6 is 15.9 Å². The summed E-state index contributed by atoms with van der Waals surface area (Å²) in [4.78, 5) is 93.5. The standard InChI is InChI=1S/C20H25N3O5.C15H17N3O4.C10H15N3.C5H3BrN2O2/c1-20(2,3)19(26)28-16-15(18(25)27-4)21-14-9-8-13(12-23(14)17(16)24)22-10-6-5-7-11-22;1-22-15(21)12-13(19)14(20)18-9-10(5-6-11(18)16-12)17-7-3-2-4-8-17;11-10-5-4-9(8-12-10)13-6-2-1-3-7-13;6-4-1-2-5(7-3-4)8(9)10/h8-9,12H,5-7,10-11H2,1-4H3;5-6,9,19H,2-4,7-8H2,1H3;4-5,8H,1-3,6-7H2,(H2,11,12);1-3H. The predicted molar refractivity (Wildman–Crippen MR) is 278 cm³/mol. The van der Waals surface area contributed by atoms with E-state index in [1.54, 1.807) is 51.4 Å². The number of aromatic nitrogens is 6. The number of fused-ring (bicyclic) bond motifs is 2. The van der Waals surface area contributed by atoms with Gasteiger partial charge in [0.2, 0.25) is 11.5 Å². The van der Waals surface area contributed by atoms with Crippen molar-refractivity contribution in [2.75, 3.05) is 73.9 Å². The number of pyridine rings is 4. The zero-order chi connectivity index (χ0) is 52.8. The summed E-state index contributed by atoms with van der Waals surface area (Å²) in [6, 6.07) is 13.9. The molecule has 3 saturated heterocycles. The third-order valence-electron chi connectivity index (χ3n) is 11.9. The number of halogens is 1. The molecule has 0 aromatic carbocycles. The molecule has 0 amide bonds. The van der Waals surface area contributed by atoms with Crippen molar-refractivity contribution in [3.63, 3.8) is 0 Å². The first-order valence-corrected chi connectivity index (χ1v) is 24.6. The van der Waals surface area contributed by atoms with E-state index in [0.717, 1.165) is 80.8 Å². The summed E-state index contributed by atoms with van der Waals surface area (Å²) < 4.78 is 17.8. The second kappa shape index (κ2) is 25.1. The number of methoxy groups -OCH3 is 2. The van der Waals surface area contributed by atoms with Crippen LogP contribution in [0.2, 0.25) is 0 Å². The number of nitrogen functional groups attached to an aromatic ring is 1. The SMILES string of the molecule is COC(=O)c1nc2ccc(N3CCCCC3)cn2c(=O)c1O.COC(=O)c1nc2ccc(N3CCCCC3)cn2c(=O)c1OC(=O)C(C)(C)C.Nc1ccc(N2CCCCC2)cn1.O=[N+]([O-])c1ccc(Br)cn1. The lowest BCUT2D eigenvalue weighted by atomic mass is 9.97. The molecular formula is C50H60BrN11O11. The molecule has 6 aromatic heterocycles. The molecule has 0 unspecified atom stereocenters. The Hall–Kier alpha value is -7.69. The van der Waals surface area contributed by atoms with Gasteiger partial charge in [-0.05, 0) is 147 Å². The largest absolute Gasteiger partial charge is 0.501 e. The average molecular weight is 1070 g/mol. The first-order valence-electron chi connectivity index (χ1n) is 23.8. The molecular weight excluding hydrogens is 1010 g/mol. The fourth-order valence-corrected chi connectivity index (χ4v) is 8.17. The summed E-state index contributed by atoms with van der Waals surface area (Å²) in [5, 5.41) is 19.9. The molecule has 6 aromatic rings. The van der Waals surface area contributed by atoms with Crippen molar-refractivity contribution in [3.8, 4) is 11.5 Å². The molecule has 0 radical (unpaired) electrons. The molecule has 3 fully saturated rings. The van der Waals surface area contributed by atoms with E-state index in [0.29, 0.717) is 11.5 Å². The molecule has 3 N–H and O–H groups in total. The van der Waals surface area contributed by atoms with E-state index >= 15 is 0 Å². The van der Waals surface area contributed by atoms with Gasteiger partial charge in [-0.3, -0.25) is 23.2 Å². The van der Waals surface area contributed by atoms with E-state index in [1.165, 1.54) is 73.1 Å². The van der Waals surface area contributed by atoms with E-state index in [4.69, 9.17) is 15.2 Å². The fraction of sp³-hybridized carbons (Fsp3) is 0.420. The molecule has 3 aliphatic rings. The Balaban J connectivity index is 0.000000170. The zero-order valence-corrected chi connectivity index (χ0v) is 43.1. The summed E-state index contributed by atoms with van der Waals surface area (Å²) in [6.45, 7) is 11.0. The van der Waals surface area contributed by atoms with Crippen LogP contribution in [0.1, 0.15) is 99.5 Å². The van der Waals surface area contributed by atoms with Crippen LogP contribution in [0.3, 0.4) is 0 Å². The minimum absolute atomic E-state index is 0.136. The lowest BCUT2D eigenvalue weighted by Gasteiger charge is -2.28. The second-order valence-electron chi connectivity index (χ2n) is 18.2. The van der Waals surface area contributed by atoms with Gasteiger partial charge in [-0.2, -0.15) is 0 Å². The number of carbonyl (C=O) groups is 3. The topological polar surface area (TPSA) is 273 Å². The number of hydrogen-bond acceptors (Lipinski definition) is 19. The van der Waals surface area contributed by atoms with Crippen LogP contribution in [0.15, 0.2) is 87.4 Å². The van der Waals surface area contributed by atoms with Crippen molar-refractivity contribution >= 4 is 73.8 Å². The molecule has 9 heterocycles. The second-order valence-corrected chi connectivity index (χ2v) is 19.2. The molecule has 0 atom stereocenters.